The van der Waals surface area contributed by atoms with Gasteiger partial charge in [-0.15, -0.1) is 0 Å². The minimum atomic E-state index is -0.350. The zero-order chi connectivity index (χ0) is 15.1. The number of halogens is 1. The van der Waals surface area contributed by atoms with Gasteiger partial charge in [0.15, 0.2) is 6.54 Å². The van der Waals surface area contributed by atoms with E-state index in [9.17, 15) is 9.18 Å². The molecule has 3 nitrogen and oxygen atoms in total. The molecule has 0 aromatic heterocycles. The first-order chi connectivity index (χ1) is 10.2. The van der Waals surface area contributed by atoms with Crippen LogP contribution in [0, 0.1) is 5.82 Å². The predicted molar refractivity (Wildman–Crippen MR) is 81.5 cm³/mol. The lowest BCUT2D eigenvalue weighted by Crippen LogP contribution is -3.11. The van der Waals surface area contributed by atoms with Crippen LogP contribution in [0.2, 0.25) is 0 Å². The number of rotatable bonds is 6. The number of nitrogens with one attached hydrogen (secondary N) is 2. The van der Waals surface area contributed by atoms with Gasteiger partial charge in [-0.25, -0.2) is 4.39 Å². The normalized spacial score (nSPS) is 11.9. The Balaban J connectivity index is 1.90. The second-order valence-corrected chi connectivity index (χ2v) is 5.00. The standard InChI is InChI=1S/C17H19FN2O/c1-2-20(12-14-7-4-3-5-8-14)13-17(21)19-16-10-6-9-15(18)11-16/h3-11H,2,12-13H2,1H3,(H,19,21)/p+1. The number of anilines is 1. The molecule has 2 rings (SSSR count). The van der Waals surface area contributed by atoms with Gasteiger partial charge in [0.2, 0.25) is 0 Å². The Labute approximate surface area is 124 Å². The molecule has 1 unspecified atom stereocenters. The van der Waals surface area contributed by atoms with E-state index in [0.717, 1.165) is 18.0 Å². The number of likely N-dealkylation sites (N-methyl/N-ethyl adjacent to an activating group) is 1. The van der Waals surface area contributed by atoms with Gasteiger partial charge >= 0.3 is 0 Å². The maximum Gasteiger partial charge on any atom is 0.279 e. The summed E-state index contributed by atoms with van der Waals surface area (Å²) in [5.74, 6) is -0.454. The summed E-state index contributed by atoms with van der Waals surface area (Å²) < 4.78 is 13.1. The molecule has 0 aliphatic rings. The lowest BCUT2D eigenvalue weighted by atomic mass is 10.2. The van der Waals surface area contributed by atoms with Crippen molar-refractivity contribution in [3.05, 3.63) is 66.0 Å². The Kier molecular flexibility index (Phi) is 5.46. The highest BCUT2D eigenvalue weighted by Gasteiger charge is 2.13. The minimum Gasteiger partial charge on any atom is -0.324 e. The molecule has 0 aliphatic carbocycles. The van der Waals surface area contributed by atoms with Crippen LogP contribution in [-0.2, 0) is 11.3 Å². The fourth-order valence-electron chi connectivity index (χ4n) is 2.20. The minimum absolute atomic E-state index is 0.103. The summed E-state index contributed by atoms with van der Waals surface area (Å²) >= 11 is 0. The summed E-state index contributed by atoms with van der Waals surface area (Å²) in [5.41, 5.74) is 1.70. The molecule has 0 saturated carbocycles. The fourth-order valence-corrected chi connectivity index (χ4v) is 2.20. The highest BCUT2D eigenvalue weighted by Crippen LogP contribution is 2.08. The van der Waals surface area contributed by atoms with Gasteiger partial charge in [0.25, 0.3) is 5.91 Å². The summed E-state index contributed by atoms with van der Waals surface area (Å²) in [6, 6.07) is 16.0. The Morgan fingerprint density at radius 1 is 1.14 bits per heavy atom. The van der Waals surface area contributed by atoms with Crippen LogP contribution in [0.15, 0.2) is 54.6 Å². The molecule has 0 heterocycles. The van der Waals surface area contributed by atoms with Crippen molar-refractivity contribution in [1.82, 2.24) is 0 Å². The van der Waals surface area contributed by atoms with Crippen LogP contribution in [-0.4, -0.2) is 19.0 Å². The van der Waals surface area contributed by atoms with E-state index in [2.05, 4.69) is 17.4 Å². The number of hydrogen-bond donors (Lipinski definition) is 2. The zero-order valence-corrected chi connectivity index (χ0v) is 12.1. The van der Waals surface area contributed by atoms with Gasteiger partial charge in [0, 0.05) is 11.3 Å². The van der Waals surface area contributed by atoms with E-state index in [0.29, 0.717) is 12.2 Å². The Morgan fingerprint density at radius 2 is 1.90 bits per heavy atom. The highest BCUT2D eigenvalue weighted by atomic mass is 19.1. The summed E-state index contributed by atoms with van der Waals surface area (Å²) in [5, 5.41) is 2.73. The molecule has 2 aromatic rings. The van der Waals surface area contributed by atoms with Crippen LogP contribution >= 0.6 is 0 Å². The molecule has 2 aromatic carbocycles. The van der Waals surface area contributed by atoms with E-state index in [1.54, 1.807) is 12.1 Å². The molecule has 2 N–H and O–H groups in total. The average molecular weight is 287 g/mol. The van der Waals surface area contributed by atoms with Crippen molar-refractivity contribution in [2.75, 3.05) is 18.4 Å². The number of benzene rings is 2. The molecule has 1 amide bonds. The zero-order valence-electron chi connectivity index (χ0n) is 12.1. The molecule has 0 spiro atoms. The van der Waals surface area contributed by atoms with Gasteiger partial charge in [-0.2, -0.15) is 0 Å². The quantitative estimate of drug-likeness (QED) is 0.835. The topological polar surface area (TPSA) is 33.5 Å². The lowest BCUT2D eigenvalue weighted by Gasteiger charge is -2.17. The van der Waals surface area contributed by atoms with Crippen molar-refractivity contribution in [3.63, 3.8) is 0 Å². The molecule has 4 heteroatoms. The van der Waals surface area contributed by atoms with Crippen molar-refractivity contribution in [3.8, 4) is 0 Å². The number of quaternary nitrogens is 1. The van der Waals surface area contributed by atoms with Crippen molar-refractivity contribution < 1.29 is 14.1 Å². The van der Waals surface area contributed by atoms with Crippen LogP contribution in [0.5, 0.6) is 0 Å². The van der Waals surface area contributed by atoms with Crippen molar-refractivity contribution in [2.45, 2.75) is 13.5 Å². The van der Waals surface area contributed by atoms with E-state index in [4.69, 9.17) is 0 Å². The van der Waals surface area contributed by atoms with Crippen molar-refractivity contribution in [1.29, 1.82) is 0 Å². The summed E-state index contributed by atoms with van der Waals surface area (Å²) in [7, 11) is 0. The molecular weight excluding hydrogens is 267 g/mol. The first-order valence-electron chi connectivity index (χ1n) is 7.10. The number of hydrogen-bond acceptors (Lipinski definition) is 1. The number of amides is 1. The van der Waals surface area contributed by atoms with Gasteiger partial charge < -0.3 is 10.2 Å². The maximum atomic E-state index is 13.1. The fraction of sp³-hybridized carbons (Fsp3) is 0.235. The molecule has 21 heavy (non-hydrogen) atoms. The van der Waals surface area contributed by atoms with E-state index in [-0.39, 0.29) is 11.7 Å². The largest absolute Gasteiger partial charge is 0.324 e. The molecule has 0 fully saturated rings. The third-order valence-corrected chi connectivity index (χ3v) is 3.32. The Bertz CT molecular complexity index is 586. The van der Waals surface area contributed by atoms with E-state index in [1.165, 1.54) is 17.7 Å². The second-order valence-electron chi connectivity index (χ2n) is 5.00. The van der Waals surface area contributed by atoms with Crippen molar-refractivity contribution >= 4 is 11.6 Å². The smallest absolute Gasteiger partial charge is 0.279 e. The van der Waals surface area contributed by atoms with Crippen LogP contribution in [0.25, 0.3) is 0 Å². The average Bonchev–Trinajstić information content (AvgIpc) is 2.47. The van der Waals surface area contributed by atoms with Crippen LogP contribution < -0.4 is 10.2 Å². The van der Waals surface area contributed by atoms with Gasteiger partial charge in [-0.05, 0) is 25.1 Å². The van der Waals surface area contributed by atoms with Gasteiger partial charge in [-0.1, -0.05) is 36.4 Å². The first kappa shape index (κ1) is 15.2. The molecule has 0 aliphatic heterocycles. The number of carbonyl (C=O) groups excluding carboxylic acids is 1. The van der Waals surface area contributed by atoms with E-state index in [1.807, 2.05) is 25.1 Å². The van der Waals surface area contributed by atoms with E-state index < -0.39 is 0 Å². The van der Waals surface area contributed by atoms with Gasteiger partial charge in [0.1, 0.15) is 12.4 Å². The Morgan fingerprint density at radius 3 is 2.57 bits per heavy atom. The third kappa shape index (κ3) is 5.00. The maximum absolute atomic E-state index is 13.1. The van der Waals surface area contributed by atoms with Crippen molar-refractivity contribution in [2.24, 2.45) is 0 Å². The van der Waals surface area contributed by atoms with Gasteiger partial charge in [-0.3, -0.25) is 4.79 Å². The molecule has 0 radical (unpaired) electrons. The lowest BCUT2D eigenvalue weighted by molar-refractivity contribution is -0.903. The second kappa shape index (κ2) is 7.55. The monoisotopic (exact) mass is 287 g/mol. The summed E-state index contributed by atoms with van der Waals surface area (Å²) in [4.78, 5) is 13.2. The summed E-state index contributed by atoms with van der Waals surface area (Å²) in [6.45, 7) is 4.06. The first-order valence-corrected chi connectivity index (χ1v) is 7.10. The van der Waals surface area contributed by atoms with Crippen LogP contribution in [0.3, 0.4) is 0 Å². The predicted octanol–water partition coefficient (Wildman–Crippen LogP) is 1.87. The third-order valence-electron chi connectivity index (χ3n) is 3.32. The molecule has 0 bridgehead atoms. The Hall–Kier alpha value is -2.20. The van der Waals surface area contributed by atoms with Crippen LogP contribution in [0.4, 0.5) is 10.1 Å². The number of carbonyl (C=O) groups is 1. The van der Waals surface area contributed by atoms with E-state index >= 15 is 0 Å². The van der Waals surface area contributed by atoms with Gasteiger partial charge in [0.05, 0.1) is 6.54 Å². The SMILES string of the molecule is CC[NH+](CC(=O)Nc1cccc(F)c1)Cc1ccccc1. The molecule has 110 valence electrons. The molecule has 1 atom stereocenters. The van der Waals surface area contributed by atoms with Crippen LogP contribution in [0.1, 0.15) is 12.5 Å². The molecular formula is C17H20FN2O+. The highest BCUT2D eigenvalue weighted by molar-refractivity contribution is 5.91. The molecule has 0 saturated heterocycles. The summed E-state index contributed by atoms with van der Waals surface area (Å²) in [6.07, 6.45) is 0.